The molecule has 2 heterocycles. The van der Waals surface area contributed by atoms with E-state index in [1.54, 1.807) is 0 Å². The molecule has 0 spiro atoms. The van der Waals surface area contributed by atoms with Gasteiger partial charge in [-0.2, -0.15) is 0 Å². The van der Waals surface area contributed by atoms with Crippen LogP contribution in [-0.2, 0) is 9.84 Å². The SMILES string of the molecule is O=C(NCC1CCCCS1(=O)=O)NC1CCCCNC1. The van der Waals surface area contributed by atoms with Crippen LogP contribution in [0.2, 0.25) is 0 Å². The second kappa shape index (κ2) is 7.26. The smallest absolute Gasteiger partial charge is 0.315 e. The maximum Gasteiger partial charge on any atom is 0.315 e. The van der Waals surface area contributed by atoms with Crippen molar-refractivity contribution in [3.63, 3.8) is 0 Å². The molecule has 6 nitrogen and oxygen atoms in total. The minimum atomic E-state index is -3.01. The molecule has 0 aliphatic carbocycles. The summed E-state index contributed by atoms with van der Waals surface area (Å²) in [6, 6.07) is -0.111. The zero-order valence-corrected chi connectivity index (χ0v) is 12.7. The summed E-state index contributed by atoms with van der Waals surface area (Å²) in [6.07, 6.45) is 5.56. The minimum absolute atomic E-state index is 0.139. The van der Waals surface area contributed by atoms with Crippen LogP contribution in [0.1, 0.15) is 38.5 Å². The fraction of sp³-hybridized carbons (Fsp3) is 0.923. The van der Waals surface area contributed by atoms with Crippen LogP contribution in [0.5, 0.6) is 0 Å². The molecule has 0 bridgehead atoms. The fourth-order valence-electron chi connectivity index (χ4n) is 2.84. The molecular weight excluding hydrogens is 278 g/mol. The third-order valence-electron chi connectivity index (χ3n) is 4.09. The first-order valence-corrected chi connectivity index (χ1v) is 9.26. The zero-order chi connectivity index (χ0) is 14.4. The van der Waals surface area contributed by atoms with Crippen molar-refractivity contribution < 1.29 is 13.2 Å². The largest absolute Gasteiger partial charge is 0.337 e. The van der Waals surface area contributed by atoms with Gasteiger partial charge in [0.05, 0.1) is 11.0 Å². The second-order valence-electron chi connectivity index (χ2n) is 5.74. The Morgan fingerprint density at radius 1 is 1.15 bits per heavy atom. The van der Waals surface area contributed by atoms with E-state index in [1.807, 2.05) is 0 Å². The molecule has 0 saturated carbocycles. The summed E-state index contributed by atoms with van der Waals surface area (Å²) < 4.78 is 23.7. The Balaban J connectivity index is 1.74. The molecule has 7 heteroatoms. The Morgan fingerprint density at radius 2 is 1.95 bits per heavy atom. The van der Waals surface area contributed by atoms with Gasteiger partial charge >= 0.3 is 6.03 Å². The Morgan fingerprint density at radius 3 is 2.75 bits per heavy atom. The third-order valence-corrected chi connectivity index (χ3v) is 6.36. The summed E-state index contributed by atoms with van der Waals surface area (Å²) in [5, 5.41) is 8.51. The van der Waals surface area contributed by atoms with E-state index in [4.69, 9.17) is 0 Å². The van der Waals surface area contributed by atoms with Gasteiger partial charge in [-0.1, -0.05) is 12.8 Å². The van der Waals surface area contributed by atoms with Crippen LogP contribution in [0.3, 0.4) is 0 Å². The molecule has 2 amide bonds. The van der Waals surface area contributed by atoms with Crippen LogP contribution in [0, 0.1) is 0 Å². The summed E-state index contributed by atoms with van der Waals surface area (Å²) in [5.41, 5.74) is 0. The van der Waals surface area contributed by atoms with Gasteiger partial charge in [0.25, 0.3) is 0 Å². The summed E-state index contributed by atoms with van der Waals surface area (Å²) in [5.74, 6) is 0.257. The molecule has 0 radical (unpaired) electrons. The van der Waals surface area contributed by atoms with E-state index in [2.05, 4.69) is 16.0 Å². The number of rotatable bonds is 3. The third kappa shape index (κ3) is 4.63. The van der Waals surface area contributed by atoms with Crippen molar-refractivity contribution in [3.05, 3.63) is 0 Å². The van der Waals surface area contributed by atoms with Gasteiger partial charge in [-0.3, -0.25) is 0 Å². The van der Waals surface area contributed by atoms with Crippen molar-refractivity contribution in [1.29, 1.82) is 0 Å². The van der Waals surface area contributed by atoms with Crippen LogP contribution < -0.4 is 16.0 Å². The predicted molar refractivity (Wildman–Crippen MR) is 78.5 cm³/mol. The first-order chi connectivity index (χ1) is 9.58. The highest BCUT2D eigenvalue weighted by atomic mass is 32.2. The van der Waals surface area contributed by atoms with E-state index in [0.29, 0.717) is 6.42 Å². The number of hydrogen-bond acceptors (Lipinski definition) is 4. The lowest BCUT2D eigenvalue weighted by Crippen LogP contribution is -2.48. The van der Waals surface area contributed by atoms with Gasteiger partial charge in [0.1, 0.15) is 0 Å². The molecular formula is C13H25N3O3S. The van der Waals surface area contributed by atoms with Crippen molar-refractivity contribution >= 4 is 15.9 Å². The van der Waals surface area contributed by atoms with Crippen molar-refractivity contribution in [2.45, 2.75) is 49.8 Å². The number of carbonyl (C=O) groups is 1. The van der Waals surface area contributed by atoms with Crippen LogP contribution in [0.4, 0.5) is 4.79 Å². The lowest BCUT2D eigenvalue weighted by molar-refractivity contribution is 0.236. The molecule has 2 atom stereocenters. The highest BCUT2D eigenvalue weighted by Crippen LogP contribution is 2.18. The number of nitrogens with one attached hydrogen (secondary N) is 3. The molecule has 2 unspecified atom stereocenters. The van der Waals surface area contributed by atoms with Gasteiger partial charge in [0.2, 0.25) is 0 Å². The van der Waals surface area contributed by atoms with Crippen molar-refractivity contribution in [2.75, 3.05) is 25.4 Å². The van der Waals surface area contributed by atoms with Crippen molar-refractivity contribution in [2.24, 2.45) is 0 Å². The zero-order valence-electron chi connectivity index (χ0n) is 11.9. The molecule has 2 aliphatic rings. The Kier molecular flexibility index (Phi) is 5.65. The van der Waals surface area contributed by atoms with Crippen LogP contribution >= 0.6 is 0 Å². The van der Waals surface area contributed by atoms with Crippen LogP contribution in [0.15, 0.2) is 0 Å². The van der Waals surface area contributed by atoms with Crippen LogP contribution in [-0.4, -0.2) is 51.1 Å². The van der Waals surface area contributed by atoms with E-state index in [9.17, 15) is 13.2 Å². The molecule has 20 heavy (non-hydrogen) atoms. The van der Waals surface area contributed by atoms with Gasteiger partial charge in [0.15, 0.2) is 9.84 Å². The molecule has 2 fully saturated rings. The van der Waals surface area contributed by atoms with Gasteiger partial charge in [-0.25, -0.2) is 13.2 Å². The molecule has 116 valence electrons. The van der Waals surface area contributed by atoms with Gasteiger partial charge in [0, 0.05) is 19.1 Å². The summed E-state index contributed by atoms with van der Waals surface area (Å²) in [7, 11) is -3.01. The standard InChI is InChI=1S/C13H25N3O3S/c17-13(16-11-5-1-3-7-14-9-11)15-10-12-6-2-4-8-20(12,18)19/h11-12,14H,1-10H2,(H2,15,16,17). The van der Waals surface area contributed by atoms with E-state index in [1.165, 1.54) is 0 Å². The molecule has 2 rings (SSSR count). The second-order valence-corrected chi connectivity index (χ2v) is 8.14. The average molecular weight is 303 g/mol. The lowest BCUT2D eigenvalue weighted by Gasteiger charge is -2.23. The predicted octanol–water partition coefficient (Wildman–Crippen LogP) is 0.395. The minimum Gasteiger partial charge on any atom is -0.337 e. The average Bonchev–Trinajstić information content (AvgIpc) is 2.65. The number of amides is 2. The Labute approximate surface area is 121 Å². The van der Waals surface area contributed by atoms with Crippen molar-refractivity contribution in [3.8, 4) is 0 Å². The topological polar surface area (TPSA) is 87.3 Å². The number of carbonyl (C=O) groups excluding carboxylic acids is 1. The first kappa shape index (κ1) is 15.6. The maximum atomic E-state index is 11.8. The molecule has 0 aromatic rings. The van der Waals surface area contributed by atoms with E-state index < -0.39 is 15.1 Å². The van der Waals surface area contributed by atoms with E-state index in [0.717, 1.165) is 45.2 Å². The highest BCUT2D eigenvalue weighted by molar-refractivity contribution is 7.92. The van der Waals surface area contributed by atoms with E-state index >= 15 is 0 Å². The van der Waals surface area contributed by atoms with Crippen LogP contribution in [0.25, 0.3) is 0 Å². The molecule has 0 aromatic heterocycles. The maximum absolute atomic E-state index is 11.8. The normalized spacial score (nSPS) is 30.2. The van der Waals surface area contributed by atoms with Gasteiger partial charge < -0.3 is 16.0 Å². The van der Waals surface area contributed by atoms with Crippen molar-refractivity contribution in [1.82, 2.24) is 16.0 Å². The fourth-order valence-corrected chi connectivity index (χ4v) is 4.64. The molecule has 2 saturated heterocycles. The van der Waals surface area contributed by atoms with Gasteiger partial charge in [-0.15, -0.1) is 0 Å². The molecule has 3 N–H and O–H groups in total. The molecule has 0 aromatic carbocycles. The summed E-state index contributed by atoms with van der Waals surface area (Å²) in [6.45, 7) is 2.02. The monoisotopic (exact) mass is 303 g/mol. The summed E-state index contributed by atoms with van der Waals surface area (Å²) >= 11 is 0. The lowest BCUT2D eigenvalue weighted by atomic mass is 10.1. The highest BCUT2D eigenvalue weighted by Gasteiger charge is 2.29. The Bertz CT molecular complexity index is 417. The summed E-state index contributed by atoms with van der Waals surface area (Å²) in [4.78, 5) is 11.8. The number of urea groups is 1. The molecule has 2 aliphatic heterocycles. The number of sulfone groups is 1. The van der Waals surface area contributed by atoms with E-state index in [-0.39, 0.29) is 24.4 Å². The first-order valence-electron chi connectivity index (χ1n) is 7.54. The quantitative estimate of drug-likeness (QED) is 0.704. The number of hydrogen-bond donors (Lipinski definition) is 3. The Hall–Kier alpha value is -0.820. The van der Waals surface area contributed by atoms with Gasteiger partial charge in [-0.05, 0) is 32.2 Å².